The van der Waals surface area contributed by atoms with Crippen molar-refractivity contribution in [2.45, 2.75) is 5.88 Å². The minimum atomic E-state index is 0.197. The SMILES string of the molecule is ClCc1c(Cl)ncnc1Oc1cccc(Br)c1. The van der Waals surface area contributed by atoms with E-state index >= 15 is 0 Å². The summed E-state index contributed by atoms with van der Waals surface area (Å²) >= 11 is 15.0. The molecular weight excluding hydrogens is 327 g/mol. The second-order valence-corrected chi connectivity index (χ2v) is 4.68. The number of rotatable bonds is 3. The quantitative estimate of drug-likeness (QED) is 0.616. The van der Waals surface area contributed by atoms with E-state index in [2.05, 4.69) is 25.9 Å². The number of nitrogens with zero attached hydrogens (tertiary/aromatic N) is 2. The molecule has 0 aliphatic heterocycles. The van der Waals surface area contributed by atoms with E-state index in [9.17, 15) is 0 Å². The molecule has 0 bridgehead atoms. The van der Waals surface area contributed by atoms with Crippen LogP contribution < -0.4 is 4.74 Å². The third-order valence-electron chi connectivity index (χ3n) is 2.00. The van der Waals surface area contributed by atoms with Gasteiger partial charge in [-0.2, -0.15) is 0 Å². The highest BCUT2D eigenvalue weighted by Gasteiger charge is 2.11. The summed E-state index contributed by atoms with van der Waals surface area (Å²) < 4.78 is 6.53. The Balaban J connectivity index is 2.33. The van der Waals surface area contributed by atoms with Crippen LogP contribution in [0, 0.1) is 0 Å². The number of hydrogen-bond acceptors (Lipinski definition) is 3. The van der Waals surface area contributed by atoms with Crippen molar-refractivity contribution in [3.05, 3.63) is 45.8 Å². The summed E-state index contributed by atoms with van der Waals surface area (Å²) in [6.07, 6.45) is 1.34. The van der Waals surface area contributed by atoms with Crippen molar-refractivity contribution in [2.24, 2.45) is 0 Å². The van der Waals surface area contributed by atoms with Gasteiger partial charge in [0, 0.05) is 4.47 Å². The molecule has 0 unspecified atom stereocenters. The molecule has 6 heteroatoms. The van der Waals surface area contributed by atoms with E-state index in [0.717, 1.165) is 4.47 Å². The fourth-order valence-corrected chi connectivity index (χ4v) is 2.10. The highest BCUT2D eigenvalue weighted by molar-refractivity contribution is 9.10. The van der Waals surface area contributed by atoms with Gasteiger partial charge in [-0.1, -0.05) is 33.6 Å². The number of ether oxygens (including phenoxy) is 1. The van der Waals surface area contributed by atoms with Gasteiger partial charge in [-0.3, -0.25) is 0 Å². The van der Waals surface area contributed by atoms with Crippen LogP contribution in [0.2, 0.25) is 5.15 Å². The van der Waals surface area contributed by atoms with Gasteiger partial charge >= 0.3 is 0 Å². The molecule has 17 heavy (non-hydrogen) atoms. The highest BCUT2D eigenvalue weighted by Crippen LogP contribution is 2.29. The molecule has 0 saturated heterocycles. The maximum absolute atomic E-state index is 5.90. The van der Waals surface area contributed by atoms with Gasteiger partial charge in [-0.25, -0.2) is 9.97 Å². The van der Waals surface area contributed by atoms with Crippen molar-refractivity contribution in [1.29, 1.82) is 0 Å². The molecule has 0 aliphatic rings. The van der Waals surface area contributed by atoms with Crippen LogP contribution in [-0.2, 0) is 5.88 Å². The van der Waals surface area contributed by atoms with E-state index in [4.69, 9.17) is 27.9 Å². The average Bonchev–Trinajstić information content (AvgIpc) is 2.29. The first-order chi connectivity index (χ1) is 8.20. The van der Waals surface area contributed by atoms with Gasteiger partial charge in [-0.15, -0.1) is 11.6 Å². The Bertz CT molecular complexity index is 537. The van der Waals surface area contributed by atoms with Crippen molar-refractivity contribution in [3.8, 4) is 11.6 Å². The minimum Gasteiger partial charge on any atom is -0.438 e. The predicted octanol–water partition coefficient (Wildman–Crippen LogP) is 4.42. The molecule has 1 aromatic heterocycles. The van der Waals surface area contributed by atoms with Crippen molar-refractivity contribution in [2.75, 3.05) is 0 Å². The van der Waals surface area contributed by atoms with E-state index < -0.39 is 0 Å². The lowest BCUT2D eigenvalue weighted by atomic mass is 10.3. The first kappa shape index (κ1) is 12.6. The highest BCUT2D eigenvalue weighted by atomic mass is 79.9. The van der Waals surface area contributed by atoms with Crippen LogP contribution in [0.3, 0.4) is 0 Å². The van der Waals surface area contributed by atoms with Gasteiger partial charge in [-0.05, 0) is 18.2 Å². The monoisotopic (exact) mass is 332 g/mol. The standard InChI is InChI=1S/C11H7BrCl2N2O/c12-7-2-1-3-8(4-7)17-11-9(5-13)10(14)15-6-16-11/h1-4,6H,5H2. The van der Waals surface area contributed by atoms with Crippen molar-refractivity contribution < 1.29 is 4.74 Å². The lowest BCUT2D eigenvalue weighted by Gasteiger charge is -2.08. The van der Waals surface area contributed by atoms with Crippen LogP contribution in [0.1, 0.15) is 5.56 Å². The second-order valence-electron chi connectivity index (χ2n) is 3.14. The molecule has 0 atom stereocenters. The zero-order chi connectivity index (χ0) is 12.3. The minimum absolute atomic E-state index is 0.197. The van der Waals surface area contributed by atoms with E-state index in [1.807, 2.05) is 24.3 Å². The first-order valence-corrected chi connectivity index (χ1v) is 6.40. The molecule has 0 N–H and O–H groups in total. The number of aromatic nitrogens is 2. The molecule has 0 radical (unpaired) electrons. The van der Waals surface area contributed by atoms with Crippen LogP contribution in [-0.4, -0.2) is 9.97 Å². The Morgan fingerprint density at radius 1 is 1.29 bits per heavy atom. The molecule has 0 saturated carbocycles. The normalized spacial score (nSPS) is 10.3. The molecule has 0 fully saturated rings. The van der Waals surface area contributed by atoms with Crippen molar-refractivity contribution >= 4 is 39.1 Å². The molecule has 1 heterocycles. The fraction of sp³-hybridized carbons (Fsp3) is 0.0909. The second kappa shape index (κ2) is 5.67. The van der Waals surface area contributed by atoms with E-state index in [1.54, 1.807) is 0 Å². The summed E-state index contributed by atoms with van der Waals surface area (Å²) in [5.41, 5.74) is 0.579. The number of hydrogen-bond donors (Lipinski definition) is 0. The molecule has 3 nitrogen and oxygen atoms in total. The van der Waals surface area contributed by atoms with Gasteiger partial charge in [0.1, 0.15) is 17.2 Å². The third-order valence-corrected chi connectivity index (χ3v) is 3.08. The third kappa shape index (κ3) is 3.09. The maximum Gasteiger partial charge on any atom is 0.228 e. The van der Waals surface area contributed by atoms with Gasteiger partial charge in [0.25, 0.3) is 0 Å². The summed E-state index contributed by atoms with van der Waals surface area (Å²) in [4.78, 5) is 7.87. The summed E-state index contributed by atoms with van der Waals surface area (Å²) in [5.74, 6) is 1.22. The van der Waals surface area contributed by atoms with Gasteiger partial charge in [0.05, 0.1) is 11.4 Å². The molecule has 0 spiro atoms. The molecule has 2 aromatic rings. The summed E-state index contributed by atoms with van der Waals surface area (Å²) in [5, 5.41) is 0.306. The van der Waals surface area contributed by atoms with Crippen molar-refractivity contribution in [1.82, 2.24) is 9.97 Å². The Kier molecular flexibility index (Phi) is 4.20. The molecule has 2 rings (SSSR count). The van der Waals surface area contributed by atoms with Gasteiger partial charge in [0.15, 0.2) is 0 Å². The largest absolute Gasteiger partial charge is 0.438 e. The number of alkyl halides is 1. The summed E-state index contributed by atoms with van der Waals surface area (Å²) in [6, 6.07) is 7.41. The summed E-state index contributed by atoms with van der Waals surface area (Å²) in [6.45, 7) is 0. The Morgan fingerprint density at radius 3 is 2.82 bits per heavy atom. The Morgan fingerprint density at radius 2 is 2.12 bits per heavy atom. The first-order valence-electron chi connectivity index (χ1n) is 4.69. The van der Waals surface area contributed by atoms with Crippen LogP contribution in [0.5, 0.6) is 11.6 Å². The lowest BCUT2D eigenvalue weighted by Crippen LogP contribution is -1.95. The maximum atomic E-state index is 5.90. The Labute approximate surface area is 117 Å². The number of halogens is 3. The molecule has 0 aliphatic carbocycles. The van der Waals surface area contributed by atoms with Gasteiger partial charge in [0.2, 0.25) is 5.88 Å². The zero-order valence-corrected chi connectivity index (χ0v) is 11.6. The van der Waals surface area contributed by atoms with Crippen LogP contribution in [0.4, 0.5) is 0 Å². The van der Waals surface area contributed by atoms with E-state index in [1.165, 1.54) is 6.33 Å². The molecular formula is C11H7BrCl2N2O. The number of benzene rings is 1. The molecule has 88 valence electrons. The van der Waals surface area contributed by atoms with Crippen molar-refractivity contribution in [3.63, 3.8) is 0 Å². The fourth-order valence-electron chi connectivity index (χ4n) is 1.22. The van der Waals surface area contributed by atoms with Crippen LogP contribution in [0.15, 0.2) is 35.1 Å². The predicted molar refractivity (Wildman–Crippen MR) is 70.8 cm³/mol. The molecule has 1 aromatic carbocycles. The summed E-state index contributed by atoms with van der Waals surface area (Å²) in [7, 11) is 0. The smallest absolute Gasteiger partial charge is 0.228 e. The topological polar surface area (TPSA) is 35.0 Å². The molecule has 0 amide bonds. The lowest BCUT2D eigenvalue weighted by molar-refractivity contribution is 0.456. The van der Waals surface area contributed by atoms with E-state index in [-0.39, 0.29) is 5.88 Å². The average molecular weight is 334 g/mol. The zero-order valence-electron chi connectivity index (χ0n) is 8.53. The van der Waals surface area contributed by atoms with Crippen LogP contribution in [0.25, 0.3) is 0 Å². The van der Waals surface area contributed by atoms with Gasteiger partial charge < -0.3 is 4.74 Å². The van der Waals surface area contributed by atoms with E-state index in [0.29, 0.717) is 22.3 Å². The van der Waals surface area contributed by atoms with Crippen LogP contribution >= 0.6 is 39.1 Å². The Hall–Kier alpha value is -0.840.